The van der Waals surface area contributed by atoms with Crippen molar-refractivity contribution in [1.29, 1.82) is 0 Å². The Morgan fingerprint density at radius 1 is 1.28 bits per heavy atom. The van der Waals surface area contributed by atoms with Crippen LogP contribution in [0.4, 0.5) is 5.82 Å². The molecule has 0 saturated carbocycles. The number of amides is 1. The number of anilines is 1. The lowest BCUT2D eigenvalue weighted by Gasteiger charge is -2.21. The number of benzene rings is 1. The Hall–Kier alpha value is -2.63. The van der Waals surface area contributed by atoms with Crippen molar-refractivity contribution in [3.63, 3.8) is 0 Å². The van der Waals surface area contributed by atoms with Gasteiger partial charge >= 0.3 is 0 Å². The molecule has 3 rings (SSSR count). The van der Waals surface area contributed by atoms with Gasteiger partial charge in [-0.25, -0.2) is 4.98 Å². The van der Waals surface area contributed by atoms with Crippen molar-refractivity contribution >= 4 is 22.8 Å². The molecule has 3 N–H and O–H groups in total. The van der Waals surface area contributed by atoms with Crippen LogP contribution in [0.2, 0.25) is 0 Å². The molecule has 0 spiro atoms. The predicted molar refractivity (Wildman–Crippen MR) is 99.4 cm³/mol. The lowest BCUT2D eigenvalue weighted by molar-refractivity contribution is -0.124. The van der Waals surface area contributed by atoms with E-state index in [4.69, 9.17) is 0 Å². The first-order chi connectivity index (χ1) is 12.0. The maximum absolute atomic E-state index is 12.7. The molecule has 25 heavy (non-hydrogen) atoms. The van der Waals surface area contributed by atoms with Crippen molar-refractivity contribution < 1.29 is 4.79 Å². The maximum atomic E-state index is 12.7. The van der Waals surface area contributed by atoms with E-state index in [1.54, 1.807) is 0 Å². The van der Waals surface area contributed by atoms with Gasteiger partial charge < -0.3 is 10.3 Å². The summed E-state index contributed by atoms with van der Waals surface area (Å²) in [6, 6.07) is 9.78. The van der Waals surface area contributed by atoms with Gasteiger partial charge in [-0.15, -0.1) is 0 Å². The Morgan fingerprint density at radius 3 is 2.84 bits per heavy atom. The molecule has 0 aliphatic rings. The number of fused-ring (bicyclic) bond motifs is 1. The van der Waals surface area contributed by atoms with Crippen molar-refractivity contribution in [2.45, 2.75) is 46.5 Å². The van der Waals surface area contributed by atoms with Gasteiger partial charge in [0.15, 0.2) is 5.82 Å². The third kappa shape index (κ3) is 4.07. The predicted octanol–water partition coefficient (Wildman–Crippen LogP) is 3.84. The van der Waals surface area contributed by atoms with E-state index < -0.39 is 5.41 Å². The van der Waals surface area contributed by atoms with E-state index in [0.717, 1.165) is 41.8 Å². The van der Waals surface area contributed by atoms with E-state index in [1.165, 1.54) is 0 Å². The molecule has 0 atom stereocenters. The topological polar surface area (TPSA) is 86.5 Å². The average Bonchev–Trinajstić information content (AvgIpc) is 3.18. The van der Waals surface area contributed by atoms with Crippen LogP contribution in [-0.4, -0.2) is 26.1 Å². The summed E-state index contributed by atoms with van der Waals surface area (Å²) in [7, 11) is 0. The van der Waals surface area contributed by atoms with Crippen LogP contribution < -0.4 is 5.32 Å². The first kappa shape index (κ1) is 17.2. The summed E-state index contributed by atoms with van der Waals surface area (Å²) < 4.78 is 0. The monoisotopic (exact) mass is 339 g/mol. The van der Waals surface area contributed by atoms with Crippen LogP contribution in [0.3, 0.4) is 0 Å². The number of carbonyl (C=O) groups excluding carboxylic acids is 1. The van der Waals surface area contributed by atoms with Crippen LogP contribution in [0.5, 0.6) is 0 Å². The Bertz CT molecular complexity index is 828. The van der Waals surface area contributed by atoms with Gasteiger partial charge in [-0.05, 0) is 25.0 Å². The van der Waals surface area contributed by atoms with Crippen LogP contribution in [-0.2, 0) is 17.6 Å². The van der Waals surface area contributed by atoms with E-state index in [9.17, 15) is 4.79 Å². The fourth-order valence-corrected chi connectivity index (χ4v) is 2.79. The molecule has 1 aromatic carbocycles. The molecular formula is C19H25N5O. The second-order valence-electron chi connectivity index (χ2n) is 7.10. The van der Waals surface area contributed by atoms with Crippen molar-refractivity contribution in [2.75, 3.05) is 5.32 Å². The zero-order valence-corrected chi connectivity index (χ0v) is 15.0. The summed E-state index contributed by atoms with van der Waals surface area (Å²) in [6.07, 6.45) is 3.71. The molecule has 2 aromatic heterocycles. The minimum atomic E-state index is -0.601. The Kier molecular flexibility index (Phi) is 4.88. The van der Waals surface area contributed by atoms with Crippen LogP contribution in [0.15, 0.2) is 30.3 Å². The maximum Gasteiger partial charge on any atom is 0.231 e. The molecule has 6 nitrogen and oxygen atoms in total. The van der Waals surface area contributed by atoms with Crippen LogP contribution in [0, 0.1) is 5.41 Å². The number of aryl methyl sites for hydroxylation is 1. The van der Waals surface area contributed by atoms with Crippen molar-refractivity contribution in [1.82, 2.24) is 20.2 Å². The molecule has 0 fully saturated rings. The van der Waals surface area contributed by atoms with E-state index in [2.05, 4.69) is 32.4 Å². The van der Waals surface area contributed by atoms with Gasteiger partial charge in [-0.2, -0.15) is 5.10 Å². The summed E-state index contributed by atoms with van der Waals surface area (Å²) >= 11 is 0. The average molecular weight is 339 g/mol. The highest BCUT2D eigenvalue weighted by Crippen LogP contribution is 2.24. The van der Waals surface area contributed by atoms with E-state index in [-0.39, 0.29) is 5.91 Å². The second kappa shape index (κ2) is 7.09. The quantitative estimate of drug-likeness (QED) is 0.611. The van der Waals surface area contributed by atoms with E-state index >= 15 is 0 Å². The lowest BCUT2D eigenvalue weighted by atomic mass is 9.88. The third-order valence-electron chi connectivity index (χ3n) is 4.33. The molecule has 0 aliphatic heterocycles. The molecule has 132 valence electrons. The number of nitrogens with one attached hydrogen (secondary N) is 3. The second-order valence-corrected chi connectivity index (χ2v) is 7.10. The van der Waals surface area contributed by atoms with Crippen LogP contribution in [0.25, 0.3) is 11.0 Å². The highest BCUT2D eigenvalue weighted by atomic mass is 16.2. The van der Waals surface area contributed by atoms with Gasteiger partial charge in [0, 0.05) is 18.2 Å². The molecule has 0 aliphatic carbocycles. The first-order valence-electron chi connectivity index (χ1n) is 8.77. The first-order valence-corrected chi connectivity index (χ1v) is 8.77. The number of para-hydroxylation sites is 2. The number of nitrogens with zero attached hydrogens (tertiary/aromatic N) is 2. The fourth-order valence-electron chi connectivity index (χ4n) is 2.79. The number of hydrogen-bond acceptors (Lipinski definition) is 3. The SMILES string of the molecule is CCCCc1cc(NC(=O)C(C)(C)Cc2nc3ccccc3[nH]2)n[nH]1. The fraction of sp³-hybridized carbons (Fsp3) is 0.421. The van der Waals surface area contributed by atoms with Gasteiger partial charge in [0.1, 0.15) is 5.82 Å². The zero-order chi connectivity index (χ0) is 17.9. The lowest BCUT2D eigenvalue weighted by Crippen LogP contribution is -2.33. The number of rotatable bonds is 7. The standard InChI is InChI=1S/C19H25N5O/c1-4-5-8-13-11-16(24-23-13)22-18(25)19(2,3)12-17-20-14-9-6-7-10-15(14)21-17/h6-7,9-11H,4-5,8,12H2,1-3H3,(H,20,21)(H2,22,23,24,25). The van der Waals surface area contributed by atoms with Crippen molar-refractivity contribution in [2.24, 2.45) is 5.41 Å². The largest absolute Gasteiger partial charge is 0.342 e. The van der Waals surface area contributed by atoms with E-state index in [1.807, 2.05) is 44.2 Å². The van der Waals surface area contributed by atoms with Gasteiger partial charge in [0.05, 0.1) is 16.4 Å². The number of aromatic nitrogens is 4. The molecule has 3 aromatic rings. The molecule has 0 saturated heterocycles. The third-order valence-corrected chi connectivity index (χ3v) is 4.33. The minimum Gasteiger partial charge on any atom is -0.342 e. The number of imidazole rings is 1. The van der Waals surface area contributed by atoms with Crippen molar-refractivity contribution in [3.05, 3.63) is 41.9 Å². The van der Waals surface area contributed by atoms with Gasteiger partial charge in [-0.3, -0.25) is 9.89 Å². The Labute approximate surface area is 147 Å². The summed E-state index contributed by atoms with van der Waals surface area (Å²) in [5, 5.41) is 10.1. The molecular weight excluding hydrogens is 314 g/mol. The van der Waals surface area contributed by atoms with Gasteiger partial charge in [0.2, 0.25) is 5.91 Å². The molecule has 0 radical (unpaired) electrons. The highest BCUT2D eigenvalue weighted by molar-refractivity contribution is 5.94. The Morgan fingerprint density at radius 2 is 2.08 bits per heavy atom. The van der Waals surface area contributed by atoms with Gasteiger partial charge in [-0.1, -0.05) is 39.3 Å². The molecule has 1 amide bonds. The number of hydrogen-bond donors (Lipinski definition) is 3. The van der Waals surface area contributed by atoms with Crippen LogP contribution >= 0.6 is 0 Å². The van der Waals surface area contributed by atoms with E-state index in [0.29, 0.717) is 12.2 Å². The number of unbranched alkanes of at least 4 members (excludes halogenated alkanes) is 1. The van der Waals surface area contributed by atoms with Crippen molar-refractivity contribution in [3.8, 4) is 0 Å². The Balaban J connectivity index is 1.66. The summed E-state index contributed by atoms with van der Waals surface area (Å²) in [4.78, 5) is 20.5. The zero-order valence-electron chi connectivity index (χ0n) is 15.0. The number of carbonyl (C=O) groups is 1. The molecule has 2 heterocycles. The smallest absolute Gasteiger partial charge is 0.231 e. The molecule has 0 unspecified atom stereocenters. The van der Waals surface area contributed by atoms with Gasteiger partial charge in [0.25, 0.3) is 0 Å². The highest BCUT2D eigenvalue weighted by Gasteiger charge is 2.30. The summed E-state index contributed by atoms with van der Waals surface area (Å²) in [6.45, 7) is 5.99. The molecule has 6 heteroatoms. The number of H-pyrrole nitrogens is 2. The summed E-state index contributed by atoms with van der Waals surface area (Å²) in [5.74, 6) is 1.32. The molecule has 0 bridgehead atoms. The number of aromatic amines is 2. The normalized spacial score (nSPS) is 11.8. The van der Waals surface area contributed by atoms with Crippen LogP contribution in [0.1, 0.15) is 45.1 Å². The summed E-state index contributed by atoms with van der Waals surface area (Å²) in [5.41, 5.74) is 2.35. The minimum absolute atomic E-state index is 0.0681.